The van der Waals surface area contributed by atoms with Gasteiger partial charge in [0, 0.05) is 12.6 Å². The van der Waals surface area contributed by atoms with E-state index in [1.54, 1.807) is 7.11 Å². The molecule has 180 valence electrons. The van der Waals surface area contributed by atoms with Crippen LogP contribution in [0.4, 0.5) is 13.2 Å². The number of hydrogen-bond acceptors (Lipinski definition) is 4. The molecule has 5 nitrogen and oxygen atoms in total. The van der Waals surface area contributed by atoms with Crippen molar-refractivity contribution in [2.45, 2.75) is 19.1 Å². The molecule has 1 atom stereocenters. The third kappa shape index (κ3) is 6.42. The van der Waals surface area contributed by atoms with Gasteiger partial charge in [0.05, 0.1) is 23.3 Å². The quantitative estimate of drug-likeness (QED) is 0.335. The van der Waals surface area contributed by atoms with Crippen molar-refractivity contribution in [1.82, 2.24) is 5.32 Å². The Labute approximate surface area is 200 Å². The fourth-order valence-corrected chi connectivity index (χ4v) is 3.55. The number of carboxylic acid groups (broad SMARTS) is 1. The van der Waals surface area contributed by atoms with E-state index in [9.17, 15) is 23.1 Å². The Bertz CT molecular complexity index is 1170. The number of nitrogens with one attached hydrogen (secondary N) is 1. The van der Waals surface area contributed by atoms with E-state index >= 15 is 0 Å². The molecule has 0 bridgehead atoms. The predicted octanol–water partition coefficient (Wildman–Crippen LogP) is 6.46. The van der Waals surface area contributed by atoms with E-state index in [0.717, 1.165) is 23.4 Å². The van der Waals surface area contributed by atoms with Crippen molar-refractivity contribution in [3.8, 4) is 22.6 Å². The number of rotatable bonds is 9. The summed E-state index contributed by atoms with van der Waals surface area (Å²) in [5.41, 5.74) is 0.348. The molecule has 2 N–H and O–H groups in total. The largest absolute Gasteiger partial charge is 0.497 e. The molecule has 0 saturated carbocycles. The standard InChI is InChI=1S/C25H23ClF3NO4/c1-15(16-4-3-5-20(11-16)33-2)30-8-9-34-21-12-18(10-19(14-21)25(27,28)29)17-6-7-23(26)22(13-17)24(31)32/h3-7,10-15,30H,8-9H2,1-2H3,(H,31,32)/t15-/m1/s1. The van der Waals surface area contributed by atoms with Gasteiger partial charge in [-0.2, -0.15) is 13.2 Å². The second-order valence-electron chi connectivity index (χ2n) is 7.54. The third-order valence-corrected chi connectivity index (χ3v) is 5.51. The van der Waals surface area contributed by atoms with E-state index in [2.05, 4.69) is 5.32 Å². The average molecular weight is 494 g/mol. The van der Waals surface area contributed by atoms with Crippen LogP contribution in [0.25, 0.3) is 11.1 Å². The number of carbonyl (C=O) groups is 1. The summed E-state index contributed by atoms with van der Waals surface area (Å²) in [6.07, 6.45) is -4.60. The van der Waals surface area contributed by atoms with Gasteiger partial charge in [-0.1, -0.05) is 29.8 Å². The average Bonchev–Trinajstić information content (AvgIpc) is 2.81. The Kier molecular flexibility index (Phi) is 8.06. The van der Waals surface area contributed by atoms with Gasteiger partial charge in [-0.25, -0.2) is 4.79 Å². The molecule has 0 heterocycles. The van der Waals surface area contributed by atoms with Crippen LogP contribution in [-0.2, 0) is 6.18 Å². The molecule has 3 aromatic rings. The van der Waals surface area contributed by atoms with Crippen molar-refractivity contribution >= 4 is 17.6 Å². The maximum atomic E-state index is 13.5. The van der Waals surface area contributed by atoms with Gasteiger partial charge < -0.3 is 19.9 Å². The highest BCUT2D eigenvalue weighted by Crippen LogP contribution is 2.36. The number of aromatic carboxylic acids is 1. The monoisotopic (exact) mass is 493 g/mol. The fraction of sp³-hybridized carbons (Fsp3) is 0.240. The highest BCUT2D eigenvalue weighted by atomic mass is 35.5. The van der Waals surface area contributed by atoms with Gasteiger partial charge in [0.2, 0.25) is 0 Å². The zero-order valence-corrected chi connectivity index (χ0v) is 19.2. The van der Waals surface area contributed by atoms with Crippen LogP contribution in [0.1, 0.15) is 34.5 Å². The van der Waals surface area contributed by atoms with E-state index < -0.39 is 17.7 Å². The maximum Gasteiger partial charge on any atom is 0.416 e. The molecule has 0 aromatic heterocycles. The van der Waals surface area contributed by atoms with Crippen LogP contribution in [0, 0.1) is 0 Å². The lowest BCUT2D eigenvalue weighted by atomic mass is 10.00. The van der Waals surface area contributed by atoms with Gasteiger partial charge in [0.15, 0.2) is 0 Å². The summed E-state index contributed by atoms with van der Waals surface area (Å²) >= 11 is 5.89. The molecule has 34 heavy (non-hydrogen) atoms. The zero-order valence-electron chi connectivity index (χ0n) is 18.4. The number of benzene rings is 3. The first-order chi connectivity index (χ1) is 16.1. The Morgan fingerprint density at radius 3 is 2.50 bits per heavy atom. The van der Waals surface area contributed by atoms with Gasteiger partial charge >= 0.3 is 12.1 Å². The number of carboxylic acids is 1. The SMILES string of the molecule is COc1cccc([C@@H](C)NCCOc2cc(-c3ccc(Cl)c(C(=O)O)c3)cc(C(F)(F)F)c2)c1. The van der Waals surface area contributed by atoms with E-state index in [4.69, 9.17) is 21.1 Å². The summed E-state index contributed by atoms with van der Waals surface area (Å²) in [4.78, 5) is 11.4. The minimum atomic E-state index is -4.60. The number of methoxy groups -OCH3 is 1. The first kappa shape index (κ1) is 25.4. The Morgan fingerprint density at radius 1 is 1.06 bits per heavy atom. The fourth-order valence-electron chi connectivity index (χ4n) is 3.35. The molecular weight excluding hydrogens is 471 g/mol. The molecule has 0 aliphatic rings. The van der Waals surface area contributed by atoms with Crippen LogP contribution in [0.15, 0.2) is 60.7 Å². The molecule has 0 saturated heterocycles. The van der Waals surface area contributed by atoms with Crippen molar-refractivity contribution < 1.29 is 32.5 Å². The number of ether oxygens (including phenoxy) is 2. The zero-order chi connectivity index (χ0) is 24.9. The normalized spacial score (nSPS) is 12.3. The second-order valence-corrected chi connectivity index (χ2v) is 7.95. The molecular formula is C25H23ClF3NO4. The number of alkyl halides is 3. The highest BCUT2D eigenvalue weighted by molar-refractivity contribution is 6.33. The molecule has 0 radical (unpaired) electrons. The molecule has 0 aliphatic carbocycles. The molecule has 0 unspecified atom stereocenters. The van der Waals surface area contributed by atoms with Crippen molar-refractivity contribution in [3.63, 3.8) is 0 Å². The second kappa shape index (κ2) is 10.8. The third-order valence-electron chi connectivity index (χ3n) is 5.18. The van der Waals surface area contributed by atoms with E-state index in [-0.39, 0.29) is 40.1 Å². The van der Waals surface area contributed by atoms with Gasteiger partial charge in [-0.05, 0) is 66.1 Å². The van der Waals surface area contributed by atoms with Crippen LogP contribution in [-0.4, -0.2) is 31.3 Å². The lowest BCUT2D eigenvalue weighted by molar-refractivity contribution is -0.137. The van der Waals surface area contributed by atoms with Crippen LogP contribution in [0.5, 0.6) is 11.5 Å². The van der Waals surface area contributed by atoms with E-state index in [1.165, 1.54) is 24.3 Å². The van der Waals surface area contributed by atoms with Crippen molar-refractivity contribution in [3.05, 3.63) is 82.4 Å². The first-order valence-corrected chi connectivity index (χ1v) is 10.7. The van der Waals surface area contributed by atoms with E-state index in [1.807, 2.05) is 31.2 Å². The summed E-state index contributed by atoms with van der Waals surface area (Å²) in [7, 11) is 1.58. The number of hydrogen-bond donors (Lipinski definition) is 2. The van der Waals surface area contributed by atoms with Gasteiger partial charge in [-0.3, -0.25) is 0 Å². The number of halogens is 4. The van der Waals surface area contributed by atoms with Crippen molar-refractivity contribution in [2.75, 3.05) is 20.3 Å². The van der Waals surface area contributed by atoms with Crippen LogP contribution in [0.2, 0.25) is 5.02 Å². The predicted molar refractivity (Wildman–Crippen MR) is 124 cm³/mol. The molecule has 3 aromatic carbocycles. The van der Waals surface area contributed by atoms with Crippen LogP contribution < -0.4 is 14.8 Å². The smallest absolute Gasteiger partial charge is 0.416 e. The molecule has 0 aliphatic heterocycles. The summed E-state index contributed by atoms with van der Waals surface area (Å²) < 4.78 is 51.3. The molecule has 9 heteroatoms. The lowest BCUT2D eigenvalue weighted by Gasteiger charge is -2.17. The molecule has 0 amide bonds. The maximum absolute atomic E-state index is 13.5. The van der Waals surface area contributed by atoms with Gasteiger partial charge in [0.25, 0.3) is 0 Å². The Hall–Kier alpha value is -3.23. The minimum Gasteiger partial charge on any atom is -0.497 e. The Morgan fingerprint density at radius 2 is 1.82 bits per heavy atom. The Balaban J connectivity index is 1.75. The molecule has 0 spiro atoms. The summed E-state index contributed by atoms with van der Waals surface area (Å²) in [5, 5.41) is 12.5. The van der Waals surface area contributed by atoms with Crippen molar-refractivity contribution in [1.29, 1.82) is 0 Å². The molecule has 0 fully saturated rings. The molecule has 3 rings (SSSR count). The minimum absolute atomic E-state index is 0.00377. The van der Waals surface area contributed by atoms with E-state index in [0.29, 0.717) is 6.54 Å². The van der Waals surface area contributed by atoms with Crippen molar-refractivity contribution in [2.24, 2.45) is 0 Å². The summed E-state index contributed by atoms with van der Waals surface area (Å²) in [6, 6.07) is 14.9. The first-order valence-electron chi connectivity index (χ1n) is 10.3. The van der Waals surface area contributed by atoms with Crippen LogP contribution in [0.3, 0.4) is 0 Å². The summed E-state index contributed by atoms with van der Waals surface area (Å²) in [5.74, 6) is -0.522. The van der Waals surface area contributed by atoms with Gasteiger partial charge in [0.1, 0.15) is 18.1 Å². The topological polar surface area (TPSA) is 67.8 Å². The summed E-state index contributed by atoms with van der Waals surface area (Å²) in [6.45, 7) is 2.46. The highest BCUT2D eigenvalue weighted by Gasteiger charge is 2.31. The lowest BCUT2D eigenvalue weighted by Crippen LogP contribution is -2.24. The van der Waals surface area contributed by atoms with Gasteiger partial charge in [-0.15, -0.1) is 0 Å². The van der Waals surface area contributed by atoms with Crippen LogP contribution >= 0.6 is 11.6 Å².